The Kier molecular flexibility index (Phi) is 8.85. The van der Waals surface area contributed by atoms with Gasteiger partial charge in [0.2, 0.25) is 5.91 Å². The number of hydrogen-bond donors (Lipinski definition) is 2. The SMILES string of the molecule is CN=C(NCc1ccc(OC)c(C)c1)NC1CCN(C(=O)C2CCCC2)C1.I. The summed E-state index contributed by atoms with van der Waals surface area (Å²) >= 11 is 0. The van der Waals surface area contributed by atoms with Gasteiger partial charge in [-0.3, -0.25) is 9.79 Å². The van der Waals surface area contributed by atoms with E-state index < -0.39 is 0 Å². The van der Waals surface area contributed by atoms with Gasteiger partial charge < -0.3 is 20.3 Å². The number of ether oxygens (including phenoxy) is 1. The fraction of sp³-hybridized carbons (Fsp3) is 0.619. The first-order valence-electron chi connectivity index (χ1n) is 10.00. The van der Waals surface area contributed by atoms with Crippen molar-refractivity contribution in [3.05, 3.63) is 29.3 Å². The summed E-state index contributed by atoms with van der Waals surface area (Å²) in [4.78, 5) is 19.0. The minimum atomic E-state index is 0. The zero-order valence-electron chi connectivity index (χ0n) is 17.2. The Morgan fingerprint density at radius 2 is 2.04 bits per heavy atom. The normalized spacial score (nSPS) is 20.0. The fourth-order valence-electron chi connectivity index (χ4n) is 4.13. The van der Waals surface area contributed by atoms with Crippen molar-refractivity contribution in [1.82, 2.24) is 15.5 Å². The number of hydrogen-bond acceptors (Lipinski definition) is 3. The fourth-order valence-corrected chi connectivity index (χ4v) is 4.13. The van der Waals surface area contributed by atoms with Crippen LogP contribution < -0.4 is 15.4 Å². The third-order valence-corrected chi connectivity index (χ3v) is 5.69. The minimum absolute atomic E-state index is 0. The highest BCUT2D eigenvalue weighted by atomic mass is 127. The number of rotatable bonds is 5. The summed E-state index contributed by atoms with van der Waals surface area (Å²) < 4.78 is 5.31. The van der Waals surface area contributed by atoms with Gasteiger partial charge in [0.05, 0.1) is 7.11 Å². The van der Waals surface area contributed by atoms with Crippen molar-refractivity contribution in [2.45, 2.75) is 51.6 Å². The Morgan fingerprint density at radius 1 is 1.29 bits per heavy atom. The van der Waals surface area contributed by atoms with E-state index in [9.17, 15) is 4.79 Å². The summed E-state index contributed by atoms with van der Waals surface area (Å²) in [7, 11) is 3.47. The molecule has 156 valence electrons. The predicted molar refractivity (Wildman–Crippen MR) is 123 cm³/mol. The van der Waals surface area contributed by atoms with Crippen LogP contribution in [0.4, 0.5) is 0 Å². The highest BCUT2D eigenvalue weighted by Gasteiger charge is 2.32. The van der Waals surface area contributed by atoms with E-state index in [4.69, 9.17) is 4.74 Å². The van der Waals surface area contributed by atoms with Gasteiger partial charge in [-0.2, -0.15) is 0 Å². The number of aliphatic imine (C=N–C) groups is 1. The molecule has 3 rings (SSSR count). The number of nitrogens with one attached hydrogen (secondary N) is 2. The number of nitrogens with zero attached hydrogens (tertiary/aromatic N) is 2. The number of amides is 1. The number of guanidine groups is 1. The lowest BCUT2D eigenvalue weighted by molar-refractivity contribution is -0.134. The first-order valence-corrected chi connectivity index (χ1v) is 10.00. The number of carbonyl (C=O) groups excluding carboxylic acids is 1. The highest BCUT2D eigenvalue weighted by Crippen LogP contribution is 2.27. The second kappa shape index (κ2) is 10.9. The average molecular weight is 500 g/mol. The number of halogens is 1. The Bertz CT molecular complexity index is 689. The van der Waals surface area contributed by atoms with Crippen molar-refractivity contribution in [2.24, 2.45) is 10.9 Å². The van der Waals surface area contributed by atoms with Crippen molar-refractivity contribution in [2.75, 3.05) is 27.2 Å². The summed E-state index contributed by atoms with van der Waals surface area (Å²) in [5, 5.41) is 6.84. The van der Waals surface area contributed by atoms with Gasteiger partial charge in [0, 0.05) is 38.6 Å². The molecule has 6 nitrogen and oxygen atoms in total. The van der Waals surface area contributed by atoms with Gasteiger partial charge in [0.25, 0.3) is 0 Å². The first-order chi connectivity index (χ1) is 13.1. The molecule has 1 amide bonds. The molecule has 1 saturated heterocycles. The number of benzene rings is 1. The molecule has 1 saturated carbocycles. The molecule has 0 spiro atoms. The summed E-state index contributed by atoms with van der Waals surface area (Å²) in [6.07, 6.45) is 5.51. The molecular formula is C21H33IN4O2. The van der Waals surface area contributed by atoms with Crippen molar-refractivity contribution < 1.29 is 9.53 Å². The third-order valence-electron chi connectivity index (χ3n) is 5.69. The number of aryl methyl sites for hydroxylation is 1. The minimum Gasteiger partial charge on any atom is -0.496 e. The van der Waals surface area contributed by atoms with Crippen molar-refractivity contribution in [1.29, 1.82) is 0 Å². The number of methoxy groups -OCH3 is 1. The molecular weight excluding hydrogens is 467 g/mol. The largest absolute Gasteiger partial charge is 0.496 e. The molecule has 7 heteroatoms. The van der Waals surface area contributed by atoms with Crippen molar-refractivity contribution in [3.63, 3.8) is 0 Å². The van der Waals surface area contributed by atoms with Gasteiger partial charge in [-0.15, -0.1) is 24.0 Å². The van der Waals surface area contributed by atoms with E-state index in [-0.39, 0.29) is 35.9 Å². The molecule has 1 aliphatic carbocycles. The van der Waals surface area contributed by atoms with Crippen LogP contribution in [0, 0.1) is 12.8 Å². The van der Waals surface area contributed by atoms with Crippen LogP contribution in [0.3, 0.4) is 0 Å². The van der Waals surface area contributed by atoms with E-state index in [1.54, 1.807) is 14.2 Å². The average Bonchev–Trinajstić information content (AvgIpc) is 3.36. The zero-order valence-corrected chi connectivity index (χ0v) is 19.5. The lowest BCUT2D eigenvalue weighted by atomic mass is 10.1. The number of likely N-dealkylation sites (tertiary alicyclic amines) is 1. The van der Waals surface area contributed by atoms with Crippen LogP contribution in [0.2, 0.25) is 0 Å². The zero-order chi connectivity index (χ0) is 19.2. The smallest absolute Gasteiger partial charge is 0.225 e. The predicted octanol–water partition coefficient (Wildman–Crippen LogP) is 3.08. The summed E-state index contributed by atoms with van der Waals surface area (Å²) in [5.74, 6) is 2.30. The Hall–Kier alpha value is -1.51. The second-order valence-corrected chi connectivity index (χ2v) is 7.63. The van der Waals surface area contributed by atoms with Gasteiger partial charge in [-0.25, -0.2) is 0 Å². The molecule has 0 radical (unpaired) electrons. The van der Waals surface area contributed by atoms with E-state index in [1.807, 2.05) is 17.9 Å². The van der Waals surface area contributed by atoms with E-state index in [0.717, 1.165) is 49.6 Å². The van der Waals surface area contributed by atoms with Crippen LogP contribution in [0.25, 0.3) is 0 Å². The van der Waals surface area contributed by atoms with Gasteiger partial charge in [0.1, 0.15) is 5.75 Å². The topological polar surface area (TPSA) is 66.0 Å². The molecule has 0 bridgehead atoms. The summed E-state index contributed by atoms with van der Waals surface area (Å²) in [5.41, 5.74) is 2.30. The van der Waals surface area contributed by atoms with Gasteiger partial charge in [-0.1, -0.05) is 25.0 Å². The maximum Gasteiger partial charge on any atom is 0.225 e. The van der Waals surface area contributed by atoms with Crippen LogP contribution >= 0.6 is 24.0 Å². The van der Waals surface area contributed by atoms with Gasteiger partial charge >= 0.3 is 0 Å². The monoisotopic (exact) mass is 500 g/mol. The Balaban J connectivity index is 0.00000280. The molecule has 28 heavy (non-hydrogen) atoms. The van der Waals surface area contributed by atoms with Crippen LogP contribution in [-0.4, -0.2) is 50.1 Å². The third kappa shape index (κ3) is 5.75. The number of carbonyl (C=O) groups is 1. The maximum absolute atomic E-state index is 12.6. The Morgan fingerprint density at radius 3 is 2.68 bits per heavy atom. The molecule has 1 unspecified atom stereocenters. The van der Waals surface area contributed by atoms with E-state index >= 15 is 0 Å². The first kappa shape index (κ1) is 22.8. The van der Waals surface area contributed by atoms with Crippen LogP contribution in [0.1, 0.15) is 43.2 Å². The van der Waals surface area contributed by atoms with E-state index in [1.165, 1.54) is 18.4 Å². The van der Waals surface area contributed by atoms with Crippen molar-refractivity contribution in [3.8, 4) is 5.75 Å². The quantitative estimate of drug-likeness (QED) is 0.371. The van der Waals surface area contributed by atoms with E-state index in [0.29, 0.717) is 12.5 Å². The summed E-state index contributed by atoms with van der Waals surface area (Å²) in [6, 6.07) is 6.44. The highest BCUT2D eigenvalue weighted by molar-refractivity contribution is 14.0. The van der Waals surface area contributed by atoms with Gasteiger partial charge in [-0.05, 0) is 43.4 Å². The molecule has 1 atom stereocenters. The van der Waals surface area contributed by atoms with E-state index in [2.05, 4.69) is 27.8 Å². The molecule has 1 aromatic rings. The van der Waals surface area contributed by atoms with Gasteiger partial charge in [0.15, 0.2) is 5.96 Å². The lowest BCUT2D eigenvalue weighted by Crippen LogP contribution is -2.45. The molecule has 2 N–H and O–H groups in total. The molecule has 1 aliphatic heterocycles. The molecule has 2 fully saturated rings. The maximum atomic E-state index is 12.6. The van der Waals surface area contributed by atoms with Crippen LogP contribution in [-0.2, 0) is 11.3 Å². The van der Waals surface area contributed by atoms with Crippen LogP contribution in [0.15, 0.2) is 23.2 Å². The molecule has 2 aliphatic rings. The standard InChI is InChI=1S/C21H32N4O2.HI/c1-15-12-16(8-9-19(15)27-3)13-23-21(22-2)24-18-10-11-25(14-18)20(26)17-6-4-5-7-17;/h8-9,12,17-18H,4-7,10-11,13-14H2,1-3H3,(H2,22,23,24);1H. The molecule has 0 aromatic heterocycles. The molecule has 1 aromatic carbocycles. The summed E-state index contributed by atoms with van der Waals surface area (Å²) in [6.45, 7) is 4.37. The Labute approximate surface area is 185 Å². The van der Waals surface area contributed by atoms with Crippen LogP contribution in [0.5, 0.6) is 5.75 Å². The lowest BCUT2D eigenvalue weighted by Gasteiger charge is -2.21. The molecule has 1 heterocycles. The van der Waals surface area contributed by atoms with Crippen molar-refractivity contribution >= 4 is 35.8 Å². The second-order valence-electron chi connectivity index (χ2n) is 7.63.